The van der Waals surface area contributed by atoms with Crippen LogP contribution in [0.1, 0.15) is 11.1 Å². The third-order valence-corrected chi connectivity index (χ3v) is 2.13. The molecule has 0 heterocycles. The summed E-state index contributed by atoms with van der Waals surface area (Å²) in [6.07, 6.45) is -0.279. The zero-order chi connectivity index (χ0) is 9.68. The molecule has 1 aromatic rings. The van der Waals surface area contributed by atoms with E-state index in [0.29, 0.717) is 13.0 Å². The molecule has 0 aromatic heterocycles. The Hall–Kier alpha value is -0.890. The van der Waals surface area contributed by atoms with E-state index in [4.69, 9.17) is 0 Å². The van der Waals surface area contributed by atoms with Gasteiger partial charge in [0.25, 0.3) is 0 Å². The summed E-state index contributed by atoms with van der Waals surface area (Å²) in [5, 5.41) is 2.83. The topological polar surface area (TPSA) is 12.0 Å². The first kappa shape index (κ1) is 10.2. The van der Waals surface area contributed by atoms with E-state index < -0.39 is 6.17 Å². The number of halogens is 1. The van der Waals surface area contributed by atoms with Crippen molar-refractivity contribution in [2.24, 2.45) is 0 Å². The highest BCUT2D eigenvalue weighted by molar-refractivity contribution is 5.26. The van der Waals surface area contributed by atoms with E-state index in [2.05, 4.69) is 5.32 Å². The van der Waals surface area contributed by atoms with Crippen LogP contribution in [0.2, 0.25) is 0 Å². The maximum atomic E-state index is 13.2. The minimum atomic E-state index is -0.786. The average molecular weight is 181 g/mol. The first-order valence-corrected chi connectivity index (χ1v) is 4.57. The van der Waals surface area contributed by atoms with Crippen molar-refractivity contribution >= 4 is 0 Å². The summed E-state index contributed by atoms with van der Waals surface area (Å²) in [6.45, 7) is 2.44. The quantitative estimate of drug-likeness (QED) is 0.750. The van der Waals surface area contributed by atoms with Crippen molar-refractivity contribution < 1.29 is 4.39 Å². The lowest BCUT2D eigenvalue weighted by atomic mass is 10.0. The van der Waals surface area contributed by atoms with Crippen LogP contribution < -0.4 is 5.32 Å². The molecule has 0 bridgehead atoms. The molecular weight excluding hydrogens is 165 g/mol. The number of rotatable bonds is 4. The molecule has 0 radical (unpaired) electrons. The van der Waals surface area contributed by atoms with Gasteiger partial charge in [0, 0.05) is 13.0 Å². The van der Waals surface area contributed by atoms with E-state index in [9.17, 15) is 4.39 Å². The van der Waals surface area contributed by atoms with Gasteiger partial charge in [-0.05, 0) is 25.1 Å². The standard InChI is InChI=1S/C11H16FN/c1-9-5-3-4-6-10(9)7-11(12)8-13-2/h3-6,11,13H,7-8H2,1-2H3/t11-/m0/s1. The molecule has 1 N–H and O–H groups in total. The maximum Gasteiger partial charge on any atom is 0.116 e. The van der Waals surface area contributed by atoms with Gasteiger partial charge in [0.1, 0.15) is 6.17 Å². The molecule has 13 heavy (non-hydrogen) atoms. The molecule has 0 spiro atoms. The number of alkyl halides is 1. The van der Waals surface area contributed by atoms with Gasteiger partial charge in [-0.15, -0.1) is 0 Å². The summed E-state index contributed by atoms with van der Waals surface area (Å²) in [6, 6.07) is 7.93. The molecule has 1 nitrogen and oxygen atoms in total. The molecule has 0 amide bonds. The molecule has 0 aliphatic heterocycles. The van der Waals surface area contributed by atoms with Crippen LogP contribution in [0.25, 0.3) is 0 Å². The minimum absolute atomic E-state index is 0.425. The molecule has 0 aliphatic carbocycles. The smallest absolute Gasteiger partial charge is 0.116 e. The third-order valence-electron chi connectivity index (χ3n) is 2.13. The predicted octanol–water partition coefficient (Wildman–Crippen LogP) is 2.10. The predicted molar refractivity (Wildman–Crippen MR) is 53.7 cm³/mol. The van der Waals surface area contributed by atoms with Gasteiger partial charge in [-0.2, -0.15) is 0 Å². The van der Waals surface area contributed by atoms with E-state index in [0.717, 1.165) is 5.56 Å². The van der Waals surface area contributed by atoms with Gasteiger partial charge in [0.15, 0.2) is 0 Å². The van der Waals surface area contributed by atoms with Crippen LogP contribution in [0.3, 0.4) is 0 Å². The van der Waals surface area contributed by atoms with Crippen molar-refractivity contribution in [2.45, 2.75) is 19.5 Å². The fraction of sp³-hybridized carbons (Fsp3) is 0.455. The molecule has 0 saturated carbocycles. The van der Waals surface area contributed by atoms with E-state index in [1.54, 1.807) is 7.05 Å². The largest absolute Gasteiger partial charge is 0.317 e. The summed E-state index contributed by atoms with van der Waals surface area (Å²) < 4.78 is 13.2. The molecule has 1 aromatic carbocycles. The second kappa shape index (κ2) is 4.97. The molecule has 0 aliphatic rings. The summed E-state index contributed by atoms with van der Waals surface area (Å²) >= 11 is 0. The van der Waals surface area contributed by atoms with Gasteiger partial charge in [-0.1, -0.05) is 24.3 Å². The SMILES string of the molecule is CNC[C@@H](F)Cc1ccccc1C. The zero-order valence-corrected chi connectivity index (χ0v) is 8.18. The van der Waals surface area contributed by atoms with Gasteiger partial charge in [0.2, 0.25) is 0 Å². The Morgan fingerprint density at radius 2 is 2.08 bits per heavy atom. The molecule has 0 unspecified atom stereocenters. The van der Waals surface area contributed by atoms with Crippen molar-refractivity contribution in [3.05, 3.63) is 35.4 Å². The first-order chi connectivity index (χ1) is 6.24. The monoisotopic (exact) mass is 181 g/mol. The zero-order valence-electron chi connectivity index (χ0n) is 8.18. The molecule has 0 fully saturated rings. The minimum Gasteiger partial charge on any atom is -0.317 e. The van der Waals surface area contributed by atoms with Crippen LogP contribution in [0.15, 0.2) is 24.3 Å². The Kier molecular flexibility index (Phi) is 3.90. The molecule has 0 saturated heterocycles. The first-order valence-electron chi connectivity index (χ1n) is 4.57. The normalized spacial score (nSPS) is 12.8. The highest BCUT2D eigenvalue weighted by Gasteiger charge is 2.07. The van der Waals surface area contributed by atoms with E-state index >= 15 is 0 Å². The van der Waals surface area contributed by atoms with E-state index in [1.165, 1.54) is 5.56 Å². The maximum absolute atomic E-state index is 13.2. The fourth-order valence-electron chi connectivity index (χ4n) is 1.37. The molecule has 2 heteroatoms. The summed E-state index contributed by atoms with van der Waals surface area (Å²) in [5.74, 6) is 0. The second-order valence-corrected chi connectivity index (χ2v) is 3.29. The second-order valence-electron chi connectivity index (χ2n) is 3.29. The lowest BCUT2D eigenvalue weighted by Crippen LogP contribution is -2.21. The highest BCUT2D eigenvalue weighted by atomic mass is 19.1. The van der Waals surface area contributed by atoms with Gasteiger partial charge in [-0.25, -0.2) is 4.39 Å². The van der Waals surface area contributed by atoms with Crippen LogP contribution in [0.4, 0.5) is 4.39 Å². The average Bonchev–Trinajstić information content (AvgIpc) is 2.09. The summed E-state index contributed by atoms with van der Waals surface area (Å²) in [4.78, 5) is 0. The van der Waals surface area contributed by atoms with Crippen LogP contribution in [-0.4, -0.2) is 19.8 Å². The lowest BCUT2D eigenvalue weighted by molar-refractivity contribution is 0.324. The number of aryl methyl sites for hydroxylation is 1. The van der Waals surface area contributed by atoms with Crippen LogP contribution in [0.5, 0.6) is 0 Å². The fourth-order valence-corrected chi connectivity index (χ4v) is 1.37. The number of hydrogen-bond donors (Lipinski definition) is 1. The van der Waals surface area contributed by atoms with E-state index in [-0.39, 0.29) is 0 Å². The van der Waals surface area contributed by atoms with Crippen LogP contribution in [0, 0.1) is 6.92 Å². The lowest BCUT2D eigenvalue weighted by Gasteiger charge is -2.09. The van der Waals surface area contributed by atoms with Gasteiger partial charge in [0.05, 0.1) is 0 Å². The van der Waals surface area contributed by atoms with Crippen LogP contribution in [-0.2, 0) is 6.42 Å². The van der Waals surface area contributed by atoms with Crippen molar-refractivity contribution in [3.63, 3.8) is 0 Å². The van der Waals surface area contributed by atoms with Crippen LogP contribution >= 0.6 is 0 Å². The Morgan fingerprint density at radius 3 is 2.69 bits per heavy atom. The molecular formula is C11H16FN. The Labute approximate surface area is 79.0 Å². The number of hydrogen-bond acceptors (Lipinski definition) is 1. The van der Waals surface area contributed by atoms with Crippen molar-refractivity contribution in [1.29, 1.82) is 0 Å². The van der Waals surface area contributed by atoms with Crippen molar-refractivity contribution in [3.8, 4) is 0 Å². The Morgan fingerprint density at radius 1 is 1.38 bits per heavy atom. The molecule has 72 valence electrons. The van der Waals surface area contributed by atoms with Gasteiger partial charge >= 0.3 is 0 Å². The Balaban J connectivity index is 2.58. The highest BCUT2D eigenvalue weighted by Crippen LogP contribution is 2.10. The Bertz CT molecular complexity index is 260. The molecule has 1 atom stereocenters. The number of nitrogens with one attached hydrogen (secondary N) is 1. The van der Waals surface area contributed by atoms with Crippen molar-refractivity contribution in [1.82, 2.24) is 5.32 Å². The summed E-state index contributed by atoms with van der Waals surface area (Å²) in [7, 11) is 1.77. The van der Waals surface area contributed by atoms with Crippen molar-refractivity contribution in [2.75, 3.05) is 13.6 Å². The van der Waals surface area contributed by atoms with Gasteiger partial charge in [-0.3, -0.25) is 0 Å². The summed E-state index contributed by atoms with van der Waals surface area (Å²) in [5.41, 5.74) is 2.27. The van der Waals surface area contributed by atoms with E-state index in [1.807, 2.05) is 31.2 Å². The van der Waals surface area contributed by atoms with Gasteiger partial charge < -0.3 is 5.32 Å². The third kappa shape index (κ3) is 3.15. The molecule has 1 rings (SSSR count). The number of benzene rings is 1.